The number of carbonyl (C=O) groups excluding carboxylic acids is 1. The van der Waals surface area contributed by atoms with Crippen molar-refractivity contribution in [1.82, 2.24) is 5.32 Å². The lowest BCUT2D eigenvalue weighted by Gasteiger charge is -2.15. The van der Waals surface area contributed by atoms with Crippen LogP contribution < -0.4 is 10.1 Å². The second-order valence-electron chi connectivity index (χ2n) is 5.20. The Morgan fingerprint density at radius 2 is 1.83 bits per heavy atom. The van der Waals surface area contributed by atoms with Gasteiger partial charge >= 0.3 is 0 Å². The molecule has 23 heavy (non-hydrogen) atoms. The second-order valence-corrected chi connectivity index (χ2v) is 6.37. The zero-order valence-corrected chi connectivity index (χ0v) is 14.4. The number of carbonyl (C=O) groups is 1. The van der Waals surface area contributed by atoms with Gasteiger partial charge < -0.3 is 10.1 Å². The molecule has 0 spiro atoms. The first kappa shape index (κ1) is 17.4. The van der Waals surface area contributed by atoms with Crippen molar-refractivity contribution in [3.8, 4) is 5.75 Å². The highest BCUT2D eigenvalue weighted by Crippen LogP contribution is 2.19. The molecule has 0 aliphatic rings. The highest BCUT2D eigenvalue weighted by atomic mass is 32.2. The van der Waals surface area contributed by atoms with E-state index in [4.69, 9.17) is 4.74 Å². The number of amides is 1. The van der Waals surface area contributed by atoms with Crippen molar-refractivity contribution in [2.24, 2.45) is 0 Å². The molecular formula is C19H23NO2S. The second kappa shape index (κ2) is 9.26. The monoisotopic (exact) mass is 329 g/mol. The average molecular weight is 329 g/mol. The van der Waals surface area contributed by atoms with Crippen LogP contribution in [0.2, 0.25) is 0 Å². The van der Waals surface area contributed by atoms with E-state index in [1.165, 1.54) is 4.90 Å². The summed E-state index contributed by atoms with van der Waals surface area (Å²) in [4.78, 5) is 13.2. The Kier molecular flexibility index (Phi) is 7.01. The van der Waals surface area contributed by atoms with E-state index in [9.17, 15) is 4.79 Å². The molecule has 0 aliphatic heterocycles. The molecule has 0 aromatic heterocycles. The van der Waals surface area contributed by atoms with E-state index in [1.54, 1.807) is 11.8 Å². The Balaban J connectivity index is 1.75. The number of hydrogen-bond acceptors (Lipinski definition) is 3. The number of nitrogens with one attached hydrogen (secondary N) is 1. The summed E-state index contributed by atoms with van der Waals surface area (Å²) >= 11 is 1.70. The van der Waals surface area contributed by atoms with Crippen molar-refractivity contribution >= 4 is 17.7 Å². The van der Waals surface area contributed by atoms with Crippen LogP contribution >= 0.6 is 11.8 Å². The first-order chi connectivity index (χ1) is 11.2. The van der Waals surface area contributed by atoms with Crippen molar-refractivity contribution in [2.45, 2.75) is 31.2 Å². The molecule has 0 fully saturated rings. The number of hydrogen-bond donors (Lipinski definition) is 1. The van der Waals surface area contributed by atoms with E-state index in [1.807, 2.05) is 56.3 Å². The largest absolute Gasteiger partial charge is 0.494 e. The molecule has 0 unspecified atom stereocenters. The zero-order valence-electron chi connectivity index (χ0n) is 13.6. The topological polar surface area (TPSA) is 38.3 Å². The van der Waals surface area contributed by atoms with Crippen LogP contribution in [-0.2, 0) is 4.79 Å². The number of rotatable bonds is 8. The maximum absolute atomic E-state index is 12.0. The van der Waals surface area contributed by atoms with E-state index in [0.29, 0.717) is 13.0 Å². The first-order valence-electron chi connectivity index (χ1n) is 7.89. The van der Waals surface area contributed by atoms with Crippen LogP contribution in [0.4, 0.5) is 0 Å². The molecule has 4 heteroatoms. The molecule has 2 aromatic rings. The molecule has 1 atom stereocenters. The van der Waals surface area contributed by atoms with Crippen molar-refractivity contribution in [3.05, 3.63) is 60.2 Å². The number of thioether (sulfide) groups is 1. The minimum Gasteiger partial charge on any atom is -0.494 e. The summed E-state index contributed by atoms with van der Waals surface area (Å²) < 4.78 is 5.43. The van der Waals surface area contributed by atoms with Gasteiger partial charge in [-0.25, -0.2) is 0 Å². The van der Waals surface area contributed by atoms with Crippen LogP contribution in [0.15, 0.2) is 59.5 Å². The third kappa shape index (κ3) is 5.99. The van der Waals surface area contributed by atoms with Gasteiger partial charge in [-0.1, -0.05) is 30.3 Å². The van der Waals surface area contributed by atoms with Crippen molar-refractivity contribution in [1.29, 1.82) is 0 Å². The molecule has 2 rings (SSSR count). The summed E-state index contributed by atoms with van der Waals surface area (Å²) in [7, 11) is 0. The Hall–Kier alpha value is -1.94. The van der Waals surface area contributed by atoms with Gasteiger partial charge in [0.05, 0.1) is 12.6 Å². The van der Waals surface area contributed by atoms with Crippen LogP contribution in [0.1, 0.15) is 31.9 Å². The fraction of sp³-hybridized carbons (Fsp3) is 0.316. The molecular weight excluding hydrogens is 306 g/mol. The number of ether oxygens (including phenoxy) is 1. The lowest BCUT2D eigenvalue weighted by molar-refractivity contribution is -0.121. The SMILES string of the molecule is CCOc1ccc([C@H](C)NC(=O)CCSc2ccccc2)cc1. The van der Waals surface area contributed by atoms with Crippen molar-refractivity contribution in [2.75, 3.05) is 12.4 Å². The Morgan fingerprint density at radius 1 is 1.13 bits per heavy atom. The Labute approximate surface area is 142 Å². The molecule has 2 aromatic carbocycles. The fourth-order valence-corrected chi connectivity index (χ4v) is 3.07. The maximum atomic E-state index is 12.0. The first-order valence-corrected chi connectivity index (χ1v) is 8.87. The van der Waals surface area contributed by atoms with Crippen LogP contribution in [0.5, 0.6) is 5.75 Å². The molecule has 0 saturated heterocycles. The number of benzene rings is 2. The van der Waals surface area contributed by atoms with Gasteiger partial charge in [0, 0.05) is 17.1 Å². The summed E-state index contributed by atoms with van der Waals surface area (Å²) in [5.41, 5.74) is 1.08. The molecule has 122 valence electrons. The van der Waals surface area contributed by atoms with Gasteiger partial charge in [-0.15, -0.1) is 11.8 Å². The van der Waals surface area contributed by atoms with Gasteiger partial charge in [0.25, 0.3) is 0 Å². The van der Waals surface area contributed by atoms with Gasteiger partial charge in [-0.3, -0.25) is 4.79 Å². The molecule has 1 amide bonds. The van der Waals surface area contributed by atoms with E-state index in [-0.39, 0.29) is 11.9 Å². The maximum Gasteiger partial charge on any atom is 0.221 e. The normalized spacial score (nSPS) is 11.7. The van der Waals surface area contributed by atoms with Gasteiger partial charge in [-0.2, -0.15) is 0 Å². The third-order valence-corrected chi connectivity index (χ3v) is 4.42. The van der Waals surface area contributed by atoms with E-state index >= 15 is 0 Å². The summed E-state index contributed by atoms with van der Waals surface area (Å²) in [5, 5.41) is 3.04. The summed E-state index contributed by atoms with van der Waals surface area (Å²) in [6.07, 6.45) is 0.515. The van der Waals surface area contributed by atoms with Gasteiger partial charge in [0.2, 0.25) is 5.91 Å². The minimum absolute atomic E-state index is 0.0000909. The highest BCUT2D eigenvalue weighted by molar-refractivity contribution is 7.99. The van der Waals surface area contributed by atoms with Crippen LogP contribution in [0.3, 0.4) is 0 Å². The zero-order chi connectivity index (χ0) is 16.5. The quantitative estimate of drug-likeness (QED) is 0.727. The summed E-state index contributed by atoms with van der Waals surface area (Å²) in [6, 6.07) is 18.0. The molecule has 0 radical (unpaired) electrons. The molecule has 1 N–H and O–H groups in total. The van der Waals surface area contributed by atoms with E-state index in [2.05, 4.69) is 17.4 Å². The van der Waals surface area contributed by atoms with Crippen LogP contribution in [-0.4, -0.2) is 18.3 Å². The third-order valence-electron chi connectivity index (χ3n) is 3.41. The lowest BCUT2D eigenvalue weighted by atomic mass is 10.1. The molecule has 0 saturated carbocycles. The molecule has 3 nitrogen and oxygen atoms in total. The van der Waals surface area contributed by atoms with Gasteiger partial charge in [0.1, 0.15) is 5.75 Å². The van der Waals surface area contributed by atoms with Crippen LogP contribution in [0, 0.1) is 0 Å². The smallest absolute Gasteiger partial charge is 0.221 e. The molecule has 0 aliphatic carbocycles. The van der Waals surface area contributed by atoms with E-state index in [0.717, 1.165) is 17.1 Å². The lowest BCUT2D eigenvalue weighted by Crippen LogP contribution is -2.26. The molecule has 0 bridgehead atoms. The van der Waals surface area contributed by atoms with Gasteiger partial charge in [0.15, 0.2) is 0 Å². The standard InChI is InChI=1S/C19H23NO2S/c1-3-22-17-11-9-16(10-12-17)15(2)20-19(21)13-14-23-18-7-5-4-6-8-18/h4-12,15H,3,13-14H2,1-2H3,(H,20,21)/t15-/m0/s1. The van der Waals surface area contributed by atoms with Gasteiger partial charge in [-0.05, 0) is 43.7 Å². The predicted octanol–water partition coefficient (Wildman–Crippen LogP) is 4.44. The Bertz CT molecular complexity index is 599. The van der Waals surface area contributed by atoms with Crippen LogP contribution in [0.25, 0.3) is 0 Å². The summed E-state index contributed by atoms with van der Waals surface area (Å²) in [6.45, 7) is 4.62. The summed E-state index contributed by atoms with van der Waals surface area (Å²) in [5.74, 6) is 1.72. The molecule has 0 heterocycles. The fourth-order valence-electron chi connectivity index (χ4n) is 2.19. The van der Waals surface area contributed by atoms with E-state index < -0.39 is 0 Å². The van der Waals surface area contributed by atoms with Crippen molar-refractivity contribution in [3.63, 3.8) is 0 Å². The Morgan fingerprint density at radius 3 is 2.48 bits per heavy atom. The highest BCUT2D eigenvalue weighted by Gasteiger charge is 2.09. The minimum atomic E-state index is -0.0000909. The van der Waals surface area contributed by atoms with Crippen molar-refractivity contribution < 1.29 is 9.53 Å². The average Bonchev–Trinajstić information content (AvgIpc) is 2.57. The predicted molar refractivity (Wildman–Crippen MR) is 96.0 cm³/mol.